The first kappa shape index (κ1) is 14.5. The largest absolute Gasteiger partial charge is 0.459 e. The normalized spacial score (nSPS) is 24.3. The van der Waals surface area contributed by atoms with E-state index in [0.29, 0.717) is 5.76 Å². The molecule has 1 aromatic carbocycles. The van der Waals surface area contributed by atoms with Crippen LogP contribution in [0.4, 0.5) is 0 Å². The predicted octanol–water partition coefficient (Wildman–Crippen LogP) is 3.02. The van der Waals surface area contributed by atoms with Crippen molar-refractivity contribution in [2.75, 3.05) is 26.2 Å². The van der Waals surface area contributed by atoms with Gasteiger partial charge in [-0.3, -0.25) is 4.79 Å². The van der Waals surface area contributed by atoms with Gasteiger partial charge in [0.15, 0.2) is 5.76 Å². The maximum absolute atomic E-state index is 12.9. The van der Waals surface area contributed by atoms with Gasteiger partial charge in [-0.15, -0.1) is 0 Å². The first-order valence-corrected chi connectivity index (χ1v) is 8.46. The maximum atomic E-state index is 12.9. The van der Waals surface area contributed by atoms with E-state index >= 15 is 0 Å². The van der Waals surface area contributed by atoms with Crippen molar-refractivity contribution in [1.82, 2.24) is 10.2 Å². The summed E-state index contributed by atoms with van der Waals surface area (Å²) in [4.78, 5) is 14.9. The zero-order valence-electron chi connectivity index (χ0n) is 13.2. The number of benzene rings is 1. The minimum absolute atomic E-state index is 0.0294. The Balaban J connectivity index is 1.55. The van der Waals surface area contributed by atoms with Crippen molar-refractivity contribution in [3.05, 3.63) is 48.4 Å². The Morgan fingerprint density at radius 3 is 2.43 bits per heavy atom. The van der Waals surface area contributed by atoms with Crippen LogP contribution in [-0.2, 0) is 0 Å². The molecule has 0 bridgehead atoms. The Morgan fingerprint density at radius 2 is 1.74 bits per heavy atom. The van der Waals surface area contributed by atoms with Gasteiger partial charge in [0.1, 0.15) is 0 Å². The minimum Gasteiger partial charge on any atom is -0.459 e. The number of carbonyl (C=O) groups is 1. The lowest BCUT2D eigenvalue weighted by atomic mass is 9.92. The van der Waals surface area contributed by atoms with Gasteiger partial charge in [-0.25, -0.2) is 0 Å². The Bertz CT molecular complexity index is 666. The van der Waals surface area contributed by atoms with Crippen LogP contribution in [0.3, 0.4) is 0 Å². The second-order valence-corrected chi connectivity index (χ2v) is 6.58. The summed E-state index contributed by atoms with van der Waals surface area (Å²) < 4.78 is 5.57. The summed E-state index contributed by atoms with van der Waals surface area (Å²) in [6.45, 7) is 3.86. The van der Waals surface area contributed by atoms with Crippen LogP contribution in [0.15, 0.2) is 47.1 Å². The fraction of sp³-hybridized carbons (Fsp3) is 0.421. The number of likely N-dealkylation sites (tertiary alicyclic amines) is 1. The first-order chi connectivity index (χ1) is 11.3. The molecule has 4 rings (SSSR count). The number of hydrogen-bond acceptors (Lipinski definition) is 3. The lowest BCUT2D eigenvalue weighted by Crippen LogP contribution is -2.32. The van der Waals surface area contributed by atoms with Crippen LogP contribution >= 0.6 is 0 Å². The quantitative estimate of drug-likeness (QED) is 0.927. The molecule has 3 heterocycles. The Labute approximate surface area is 136 Å². The number of furan rings is 1. The summed E-state index contributed by atoms with van der Waals surface area (Å²) in [5, 5.41) is 3.47. The fourth-order valence-electron chi connectivity index (χ4n) is 3.88. The molecule has 0 saturated carbocycles. The van der Waals surface area contributed by atoms with Gasteiger partial charge in [-0.1, -0.05) is 30.3 Å². The van der Waals surface area contributed by atoms with Crippen LogP contribution in [0.1, 0.15) is 23.4 Å². The van der Waals surface area contributed by atoms with Crippen LogP contribution in [0.5, 0.6) is 0 Å². The monoisotopic (exact) mass is 310 g/mol. The van der Waals surface area contributed by atoms with E-state index in [-0.39, 0.29) is 5.91 Å². The van der Waals surface area contributed by atoms with Gasteiger partial charge in [0.05, 0.1) is 6.26 Å². The summed E-state index contributed by atoms with van der Waals surface area (Å²) in [5.41, 5.74) is 1.92. The standard InChI is InChI=1S/C19H22N2O2/c22-19(21-9-6-15-12-20-13-16(15)7-10-21)18-17(8-11-23-18)14-4-2-1-3-5-14/h1-5,8,11,15-16,20H,6-7,9-10,12-13H2/t15-,16+. The van der Waals surface area contributed by atoms with E-state index in [1.807, 2.05) is 41.3 Å². The predicted molar refractivity (Wildman–Crippen MR) is 89.1 cm³/mol. The smallest absolute Gasteiger partial charge is 0.290 e. The molecule has 4 nitrogen and oxygen atoms in total. The number of rotatable bonds is 2. The highest BCUT2D eigenvalue weighted by Crippen LogP contribution is 2.30. The molecular weight excluding hydrogens is 288 g/mol. The molecule has 2 atom stereocenters. The van der Waals surface area contributed by atoms with Crippen molar-refractivity contribution < 1.29 is 9.21 Å². The molecule has 2 aliphatic rings. The SMILES string of the molecule is O=C(c1occc1-c1ccccc1)N1CC[C@@H]2CNC[C@@H]2CC1. The Morgan fingerprint density at radius 1 is 1.04 bits per heavy atom. The van der Waals surface area contributed by atoms with Gasteiger partial charge in [0, 0.05) is 18.7 Å². The average Bonchev–Trinajstić information content (AvgIpc) is 3.21. The number of fused-ring (bicyclic) bond motifs is 1. The van der Waals surface area contributed by atoms with Gasteiger partial charge < -0.3 is 14.6 Å². The van der Waals surface area contributed by atoms with Crippen LogP contribution in [0.2, 0.25) is 0 Å². The highest BCUT2D eigenvalue weighted by molar-refractivity contribution is 5.98. The lowest BCUT2D eigenvalue weighted by molar-refractivity contribution is 0.0727. The van der Waals surface area contributed by atoms with Crippen LogP contribution in [0.25, 0.3) is 11.1 Å². The van der Waals surface area contributed by atoms with E-state index in [0.717, 1.165) is 62.0 Å². The molecule has 2 aliphatic heterocycles. The molecule has 1 amide bonds. The Hall–Kier alpha value is -2.07. The highest BCUT2D eigenvalue weighted by atomic mass is 16.3. The van der Waals surface area contributed by atoms with E-state index < -0.39 is 0 Å². The van der Waals surface area contributed by atoms with Crippen molar-refractivity contribution in [1.29, 1.82) is 0 Å². The second kappa shape index (κ2) is 6.20. The molecule has 0 unspecified atom stereocenters. The lowest BCUT2D eigenvalue weighted by Gasteiger charge is -2.20. The number of nitrogens with one attached hydrogen (secondary N) is 1. The Kier molecular flexibility index (Phi) is 3.92. The van der Waals surface area contributed by atoms with Crippen molar-refractivity contribution in [3.63, 3.8) is 0 Å². The van der Waals surface area contributed by atoms with E-state index in [1.165, 1.54) is 0 Å². The van der Waals surface area contributed by atoms with Crippen LogP contribution < -0.4 is 5.32 Å². The average molecular weight is 310 g/mol. The van der Waals surface area contributed by atoms with Gasteiger partial charge in [0.2, 0.25) is 0 Å². The van der Waals surface area contributed by atoms with Crippen molar-refractivity contribution in [2.24, 2.45) is 11.8 Å². The third kappa shape index (κ3) is 2.79. The number of nitrogens with zero attached hydrogens (tertiary/aromatic N) is 1. The molecule has 4 heteroatoms. The first-order valence-electron chi connectivity index (χ1n) is 8.46. The minimum atomic E-state index is 0.0294. The molecule has 2 fully saturated rings. The molecule has 0 spiro atoms. The van der Waals surface area contributed by atoms with Gasteiger partial charge in [-0.05, 0) is 49.4 Å². The number of amides is 1. The number of carbonyl (C=O) groups excluding carboxylic acids is 1. The van der Waals surface area contributed by atoms with E-state index in [1.54, 1.807) is 6.26 Å². The molecule has 0 radical (unpaired) electrons. The van der Waals surface area contributed by atoms with Crippen LogP contribution in [-0.4, -0.2) is 37.0 Å². The summed E-state index contributed by atoms with van der Waals surface area (Å²) in [5.74, 6) is 1.94. The van der Waals surface area contributed by atoms with Gasteiger partial charge in [-0.2, -0.15) is 0 Å². The van der Waals surface area contributed by atoms with Crippen molar-refractivity contribution >= 4 is 5.91 Å². The summed E-state index contributed by atoms with van der Waals surface area (Å²) >= 11 is 0. The van der Waals surface area contributed by atoms with Gasteiger partial charge >= 0.3 is 0 Å². The summed E-state index contributed by atoms with van der Waals surface area (Å²) in [6.07, 6.45) is 3.79. The van der Waals surface area contributed by atoms with E-state index in [4.69, 9.17) is 4.42 Å². The third-order valence-corrected chi connectivity index (χ3v) is 5.25. The molecule has 0 aliphatic carbocycles. The third-order valence-electron chi connectivity index (χ3n) is 5.25. The van der Waals surface area contributed by atoms with Gasteiger partial charge in [0.25, 0.3) is 5.91 Å². The second-order valence-electron chi connectivity index (χ2n) is 6.58. The molecule has 2 saturated heterocycles. The van der Waals surface area contributed by atoms with Crippen molar-refractivity contribution in [2.45, 2.75) is 12.8 Å². The van der Waals surface area contributed by atoms with Crippen LogP contribution in [0, 0.1) is 11.8 Å². The zero-order chi connectivity index (χ0) is 15.6. The molecule has 120 valence electrons. The summed E-state index contributed by atoms with van der Waals surface area (Å²) in [7, 11) is 0. The fourth-order valence-corrected chi connectivity index (χ4v) is 3.88. The topological polar surface area (TPSA) is 45.5 Å². The van der Waals surface area contributed by atoms with Crippen molar-refractivity contribution in [3.8, 4) is 11.1 Å². The maximum Gasteiger partial charge on any atom is 0.290 e. The molecule has 1 N–H and O–H groups in total. The highest BCUT2D eigenvalue weighted by Gasteiger charge is 2.32. The van der Waals surface area contributed by atoms with E-state index in [9.17, 15) is 4.79 Å². The zero-order valence-corrected chi connectivity index (χ0v) is 13.2. The summed E-state index contributed by atoms with van der Waals surface area (Å²) in [6, 6.07) is 11.9. The molecule has 1 aromatic heterocycles. The molecular formula is C19H22N2O2. The molecule has 2 aromatic rings. The molecule has 23 heavy (non-hydrogen) atoms. The van der Waals surface area contributed by atoms with E-state index in [2.05, 4.69) is 5.32 Å². The number of hydrogen-bond donors (Lipinski definition) is 1.